The third kappa shape index (κ3) is 7.77. The van der Waals surface area contributed by atoms with Gasteiger partial charge in [0.25, 0.3) is 0 Å². The molecule has 0 rings (SSSR count). The maximum Gasteiger partial charge on any atom is 0.0677 e. The minimum Gasteiger partial charge on any atom is -0.392 e. The molecule has 0 fully saturated rings. The normalized spacial score (nSPS) is 14.4. The molecule has 0 spiro atoms. The number of terminal acetylenes is 1. The largest absolute Gasteiger partial charge is 0.392 e. The molecule has 0 aromatic rings. The molecule has 0 aromatic heterocycles. The highest BCUT2D eigenvalue weighted by Crippen LogP contribution is 2.18. The van der Waals surface area contributed by atoms with Crippen LogP contribution in [-0.2, 0) is 0 Å². The van der Waals surface area contributed by atoms with E-state index < -0.39 is 0 Å². The standard InChI is InChI=1S/C15H28O/c1-4-7-9-11-13-15(16)14(6-3)12-10-8-5-2/h3,14-16H,4-5,7-13H2,1-2H3/t14-,15+/m0/s1. The first-order chi connectivity index (χ1) is 7.76. The second-order valence-electron chi connectivity index (χ2n) is 4.69. The Hall–Kier alpha value is -0.480. The molecule has 16 heavy (non-hydrogen) atoms. The van der Waals surface area contributed by atoms with Crippen molar-refractivity contribution in [3.8, 4) is 12.3 Å². The van der Waals surface area contributed by atoms with Crippen LogP contribution in [-0.4, -0.2) is 11.2 Å². The Kier molecular flexibility index (Phi) is 10.7. The van der Waals surface area contributed by atoms with E-state index in [2.05, 4.69) is 19.8 Å². The third-order valence-electron chi connectivity index (χ3n) is 3.15. The summed E-state index contributed by atoms with van der Waals surface area (Å²) in [5.74, 6) is 2.83. The lowest BCUT2D eigenvalue weighted by molar-refractivity contribution is 0.116. The number of rotatable bonds is 10. The van der Waals surface area contributed by atoms with Crippen LogP contribution in [0.4, 0.5) is 0 Å². The monoisotopic (exact) mass is 224 g/mol. The molecular formula is C15H28O. The molecule has 0 aromatic carbocycles. The molecule has 0 radical (unpaired) electrons. The lowest BCUT2D eigenvalue weighted by Gasteiger charge is -2.17. The van der Waals surface area contributed by atoms with E-state index in [9.17, 15) is 5.11 Å². The van der Waals surface area contributed by atoms with E-state index >= 15 is 0 Å². The summed E-state index contributed by atoms with van der Waals surface area (Å²) in [5.41, 5.74) is 0. The van der Waals surface area contributed by atoms with E-state index in [1.54, 1.807) is 0 Å². The summed E-state index contributed by atoms with van der Waals surface area (Å²) < 4.78 is 0. The molecule has 1 nitrogen and oxygen atoms in total. The van der Waals surface area contributed by atoms with Crippen LogP contribution in [0.25, 0.3) is 0 Å². The van der Waals surface area contributed by atoms with Crippen molar-refractivity contribution in [2.24, 2.45) is 5.92 Å². The molecule has 0 bridgehead atoms. The van der Waals surface area contributed by atoms with Crippen molar-refractivity contribution in [3.63, 3.8) is 0 Å². The quantitative estimate of drug-likeness (QED) is 0.436. The molecule has 0 aliphatic heterocycles. The summed E-state index contributed by atoms with van der Waals surface area (Å²) in [6.45, 7) is 4.39. The predicted octanol–water partition coefficient (Wildman–Crippen LogP) is 4.15. The minimum absolute atomic E-state index is 0.0770. The van der Waals surface area contributed by atoms with Crippen LogP contribution in [0.2, 0.25) is 0 Å². The van der Waals surface area contributed by atoms with E-state index in [0.29, 0.717) is 0 Å². The average Bonchev–Trinajstić information content (AvgIpc) is 2.30. The minimum atomic E-state index is -0.279. The second kappa shape index (κ2) is 11.0. The summed E-state index contributed by atoms with van der Waals surface area (Å²) in [6, 6.07) is 0. The van der Waals surface area contributed by atoms with Crippen molar-refractivity contribution in [3.05, 3.63) is 0 Å². The van der Waals surface area contributed by atoms with Gasteiger partial charge < -0.3 is 5.11 Å². The van der Waals surface area contributed by atoms with Crippen LogP contribution in [0.15, 0.2) is 0 Å². The highest BCUT2D eigenvalue weighted by atomic mass is 16.3. The molecule has 0 heterocycles. The van der Waals surface area contributed by atoms with E-state index in [4.69, 9.17) is 6.42 Å². The van der Waals surface area contributed by atoms with Gasteiger partial charge in [0.05, 0.1) is 6.10 Å². The Bertz CT molecular complexity index is 180. The van der Waals surface area contributed by atoms with Gasteiger partial charge in [-0.3, -0.25) is 0 Å². The highest BCUT2D eigenvalue weighted by Gasteiger charge is 2.15. The summed E-state index contributed by atoms with van der Waals surface area (Å²) in [6.07, 6.45) is 15.5. The summed E-state index contributed by atoms with van der Waals surface area (Å²) >= 11 is 0. The number of unbranched alkanes of at least 4 members (excludes halogenated alkanes) is 5. The Morgan fingerprint density at radius 3 is 2.06 bits per heavy atom. The molecule has 94 valence electrons. The maximum absolute atomic E-state index is 9.97. The van der Waals surface area contributed by atoms with Crippen LogP contribution >= 0.6 is 0 Å². The lowest BCUT2D eigenvalue weighted by atomic mass is 9.92. The molecule has 0 unspecified atom stereocenters. The molecule has 0 aliphatic rings. The molecule has 1 N–H and O–H groups in total. The van der Waals surface area contributed by atoms with Gasteiger partial charge in [-0.2, -0.15) is 0 Å². The zero-order valence-corrected chi connectivity index (χ0v) is 11.0. The first kappa shape index (κ1) is 15.5. The van der Waals surface area contributed by atoms with Crippen LogP contribution in [0.5, 0.6) is 0 Å². The van der Waals surface area contributed by atoms with Crippen molar-refractivity contribution in [2.45, 2.75) is 77.7 Å². The highest BCUT2D eigenvalue weighted by molar-refractivity contribution is 4.96. The van der Waals surface area contributed by atoms with Crippen LogP contribution in [0.3, 0.4) is 0 Å². The molecule has 0 aliphatic carbocycles. The molecule has 0 saturated heterocycles. The maximum atomic E-state index is 9.97. The molecule has 1 heteroatoms. The fourth-order valence-electron chi connectivity index (χ4n) is 1.98. The Balaban J connectivity index is 3.65. The van der Waals surface area contributed by atoms with Crippen molar-refractivity contribution in [1.82, 2.24) is 0 Å². The summed E-state index contributed by atoms with van der Waals surface area (Å²) in [7, 11) is 0. The second-order valence-corrected chi connectivity index (χ2v) is 4.69. The smallest absolute Gasteiger partial charge is 0.0677 e. The van der Waals surface area contributed by atoms with E-state index in [1.807, 2.05) is 0 Å². The Morgan fingerprint density at radius 2 is 1.50 bits per heavy atom. The van der Waals surface area contributed by atoms with E-state index in [1.165, 1.54) is 32.1 Å². The van der Waals surface area contributed by atoms with Crippen molar-refractivity contribution >= 4 is 0 Å². The number of hydrogen-bond donors (Lipinski definition) is 1. The molecule has 0 amide bonds. The fourth-order valence-corrected chi connectivity index (χ4v) is 1.98. The van der Waals surface area contributed by atoms with Gasteiger partial charge in [-0.15, -0.1) is 12.3 Å². The first-order valence-electron chi connectivity index (χ1n) is 6.90. The predicted molar refractivity (Wildman–Crippen MR) is 71.2 cm³/mol. The Labute approximate surface area is 102 Å². The SMILES string of the molecule is C#C[C@@H](CCCCC)[C@H](O)CCCCCC. The van der Waals surface area contributed by atoms with Gasteiger partial charge in [0, 0.05) is 5.92 Å². The van der Waals surface area contributed by atoms with Crippen molar-refractivity contribution in [1.29, 1.82) is 0 Å². The third-order valence-corrected chi connectivity index (χ3v) is 3.15. The number of hydrogen-bond acceptors (Lipinski definition) is 1. The van der Waals surface area contributed by atoms with Gasteiger partial charge >= 0.3 is 0 Å². The van der Waals surface area contributed by atoms with Crippen molar-refractivity contribution in [2.75, 3.05) is 0 Å². The molecule has 0 saturated carbocycles. The topological polar surface area (TPSA) is 20.2 Å². The first-order valence-corrected chi connectivity index (χ1v) is 6.90. The Morgan fingerprint density at radius 1 is 0.938 bits per heavy atom. The molecule has 2 atom stereocenters. The number of aliphatic hydroxyl groups is 1. The van der Waals surface area contributed by atoms with Gasteiger partial charge in [0.2, 0.25) is 0 Å². The average molecular weight is 224 g/mol. The van der Waals surface area contributed by atoms with Crippen molar-refractivity contribution < 1.29 is 5.11 Å². The van der Waals surface area contributed by atoms with Gasteiger partial charge in [0.15, 0.2) is 0 Å². The number of aliphatic hydroxyl groups excluding tert-OH is 1. The zero-order chi connectivity index (χ0) is 12.2. The van der Waals surface area contributed by atoms with Gasteiger partial charge in [0.1, 0.15) is 0 Å². The summed E-state index contributed by atoms with van der Waals surface area (Å²) in [5, 5.41) is 9.97. The lowest BCUT2D eigenvalue weighted by Crippen LogP contribution is -2.18. The zero-order valence-electron chi connectivity index (χ0n) is 11.0. The van der Waals surface area contributed by atoms with E-state index in [-0.39, 0.29) is 12.0 Å². The summed E-state index contributed by atoms with van der Waals surface area (Å²) in [4.78, 5) is 0. The van der Waals surface area contributed by atoms with Gasteiger partial charge in [-0.05, 0) is 12.8 Å². The van der Waals surface area contributed by atoms with Crippen LogP contribution in [0.1, 0.15) is 71.6 Å². The molecular weight excluding hydrogens is 196 g/mol. The van der Waals surface area contributed by atoms with Gasteiger partial charge in [-0.25, -0.2) is 0 Å². The fraction of sp³-hybridized carbons (Fsp3) is 0.867. The van der Waals surface area contributed by atoms with Crippen LogP contribution < -0.4 is 0 Å². The van der Waals surface area contributed by atoms with Gasteiger partial charge in [-0.1, -0.05) is 58.8 Å². The van der Waals surface area contributed by atoms with E-state index in [0.717, 1.165) is 25.7 Å². The van der Waals surface area contributed by atoms with Crippen LogP contribution in [0, 0.1) is 18.3 Å².